The van der Waals surface area contributed by atoms with Crippen LogP contribution in [0.25, 0.3) is 11.4 Å². The molecule has 1 atom stereocenters. The quantitative estimate of drug-likeness (QED) is 0.918. The van der Waals surface area contributed by atoms with Crippen LogP contribution in [0, 0.1) is 5.41 Å². The van der Waals surface area contributed by atoms with Gasteiger partial charge in [0.1, 0.15) is 12.9 Å². The Labute approximate surface area is 133 Å². The minimum absolute atomic E-state index is 0.0650. The molecular weight excluding hydrogens is 296 g/mol. The number of carbonyl (C=O) groups is 2. The van der Waals surface area contributed by atoms with Gasteiger partial charge in [0, 0.05) is 18.7 Å². The summed E-state index contributed by atoms with van der Waals surface area (Å²) in [5.74, 6) is -0.436. The van der Waals surface area contributed by atoms with Crippen molar-refractivity contribution in [3.05, 3.63) is 36.7 Å². The Morgan fingerprint density at radius 2 is 2.04 bits per heavy atom. The standard InChI is InChI=1S/C16H18N4O3/c1-16(15(22)23)7-8-19(10-16)13(21)9-20-11-17-14(18-20)12-5-3-2-4-6-12/h2-6,11H,7-10H2,1H3,(H,22,23). The van der Waals surface area contributed by atoms with E-state index in [9.17, 15) is 14.7 Å². The molecule has 0 spiro atoms. The Hall–Kier alpha value is -2.70. The summed E-state index contributed by atoms with van der Waals surface area (Å²) in [6.45, 7) is 2.43. The van der Waals surface area contributed by atoms with Crippen molar-refractivity contribution in [1.29, 1.82) is 0 Å². The Morgan fingerprint density at radius 3 is 2.70 bits per heavy atom. The zero-order valence-electron chi connectivity index (χ0n) is 12.8. The average molecular weight is 314 g/mol. The molecule has 1 N–H and O–H groups in total. The number of nitrogens with zero attached hydrogens (tertiary/aromatic N) is 4. The van der Waals surface area contributed by atoms with Crippen LogP contribution in [0.5, 0.6) is 0 Å². The predicted octanol–water partition coefficient (Wildman–Crippen LogP) is 1.27. The molecule has 0 radical (unpaired) electrons. The zero-order valence-corrected chi connectivity index (χ0v) is 12.8. The van der Waals surface area contributed by atoms with Crippen molar-refractivity contribution >= 4 is 11.9 Å². The maximum atomic E-state index is 12.3. The van der Waals surface area contributed by atoms with Gasteiger partial charge in [-0.3, -0.25) is 9.59 Å². The minimum Gasteiger partial charge on any atom is -0.481 e. The first kappa shape index (κ1) is 15.2. The van der Waals surface area contributed by atoms with Gasteiger partial charge in [-0.1, -0.05) is 30.3 Å². The van der Waals surface area contributed by atoms with E-state index in [1.807, 2.05) is 30.3 Å². The van der Waals surface area contributed by atoms with Crippen LogP contribution in [0.15, 0.2) is 36.7 Å². The summed E-state index contributed by atoms with van der Waals surface area (Å²) >= 11 is 0. The summed E-state index contributed by atoms with van der Waals surface area (Å²) in [5.41, 5.74) is 0.0334. The van der Waals surface area contributed by atoms with Crippen LogP contribution in [0.4, 0.5) is 0 Å². The monoisotopic (exact) mass is 314 g/mol. The molecule has 7 nitrogen and oxygen atoms in total. The summed E-state index contributed by atoms with van der Waals surface area (Å²) in [6, 6.07) is 9.52. The van der Waals surface area contributed by atoms with Crippen LogP contribution < -0.4 is 0 Å². The first-order valence-corrected chi connectivity index (χ1v) is 7.44. The van der Waals surface area contributed by atoms with E-state index in [4.69, 9.17) is 0 Å². The molecular formula is C16H18N4O3. The van der Waals surface area contributed by atoms with Gasteiger partial charge in [0.05, 0.1) is 5.41 Å². The molecule has 1 aromatic carbocycles. The molecule has 1 unspecified atom stereocenters. The lowest BCUT2D eigenvalue weighted by Crippen LogP contribution is -2.36. The number of amides is 1. The second-order valence-corrected chi connectivity index (χ2v) is 6.06. The first-order chi connectivity index (χ1) is 11.0. The number of carboxylic acids is 1. The Morgan fingerprint density at radius 1 is 1.30 bits per heavy atom. The fourth-order valence-electron chi connectivity index (χ4n) is 2.68. The molecule has 1 aliphatic heterocycles. The summed E-state index contributed by atoms with van der Waals surface area (Å²) in [4.78, 5) is 29.4. The maximum Gasteiger partial charge on any atom is 0.311 e. The Kier molecular flexibility index (Phi) is 3.85. The van der Waals surface area contributed by atoms with Crippen molar-refractivity contribution in [2.75, 3.05) is 13.1 Å². The molecule has 1 fully saturated rings. The van der Waals surface area contributed by atoms with Crippen molar-refractivity contribution in [2.24, 2.45) is 5.41 Å². The predicted molar refractivity (Wildman–Crippen MR) is 82.4 cm³/mol. The van der Waals surface area contributed by atoms with Crippen LogP contribution in [0.1, 0.15) is 13.3 Å². The van der Waals surface area contributed by atoms with Gasteiger partial charge in [-0.15, -0.1) is 0 Å². The number of benzene rings is 1. The number of rotatable bonds is 4. The maximum absolute atomic E-state index is 12.3. The average Bonchev–Trinajstić information content (AvgIpc) is 3.16. The van der Waals surface area contributed by atoms with Gasteiger partial charge in [0.2, 0.25) is 5.91 Å². The third-order valence-electron chi connectivity index (χ3n) is 4.21. The fourth-order valence-corrected chi connectivity index (χ4v) is 2.68. The molecule has 1 saturated heterocycles. The lowest BCUT2D eigenvalue weighted by Gasteiger charge is -2.20. The second-order valence-electron chi connectivity index (χ2n) is 6.06. The van der Waals surface area contributed by atoms with Crippen LogP contribution in [0.3, 0.4) is 0 Å². The lowest BCUT2D eigenvalue weighted by molar-refractivity contribution is -0.147. The van der Waals surface area contributed by atoms with E-state index in [1.54, 1.807) is 11.8 Å². The number of hydrogen-bond acceptors (Lipinski definition) is 4. The minimum atomic E-state index is -0.861. The lowest BCUT2D eigenvalue weighted by atomic mass is 9.90. The van der Waals surface area contributed by atoms with E-state index >= 15 is 0 Å². The SMILES string of the molecule is CC1(C(=O)O)CCN(C(=O)Cn2cnc(-c3ccccc3)n2)C1. The van der Waals surface area contributed by atoms with E-state index in [0.717, 1.165) is 5.56 Å². The Balaban J connectivity index is 1.66. The molecule has 2 heterocycles. The van der Waals surface area contributed by atoms with Gasteiger partial charge in [-0.2, -0.15) is 5.10 Å². The molecule has 7 heteroatoms. The number of carbonyl (C=O) groups excluding carboxylic acids is 1. The topological polar surface area (TPSA) is 88.3 Å². The van der Waals surface area contributed by atoms with E-state index < -0.39 is 11.4 Å². The van der Waals surface area contributed by atoms with Crippen LogP contribution in [-0.4, -0.2) is 49.7 Å². The van der Waals surface area contributed by atoms with Gasteiger partial charge >= 0.3 is 5.97 Å². The number of aromatic nitrogens is 3. The summed E-state index contributed by atoms with van der Waals surface area (Å²) in [7, 11) is 0. The van der Waals surface area contributed by atoms with Crippen molar-refractivity contribution in [3.8, 4) is 11.4 Å². The largest absolute Gasteiger partial charge is 0.481 e. The molecule has 120 valence electrons. The molecule has 1 aromatic heterocycles. The fraction of sp³-hybridized carbons (Fsp3) is 0.375. The molecule has 23 heavy (non-hydrogen) atoms. The zero-order chi connectivity index (χ0) is 16.4. The van der Waals surface area contributed by atoms with Crippen LogP contribution in [0.2, 0.25) is 0 Å². The van der Waals surface area contributed by atoms with Crippen molar-refractivity contribution < 1.29 is 14.7 Å². The van der Waals surface area contributed by atoms with E-state index in [1.165, 1.54) is 11.0 Å². The van der Waals surface area contributed by atoms with E-state index in [0.29, 0.717) is 18.8 Å². The molecule has 2 aromatic rings. The van der Waals surface area contributed by atoms with E-state index in [-0.39, 0.29) is 19.0 Å². The number of aliphatic carboxylic acids is 1. The van der Waals surface area contributed by atoms with E-state index in [2.05, 4.69) is 10.1 Å². The number of carboxylic acid groups (broad SMARTS) is 1. The molecule has 0 saturated carbocycles. The highest BCUT2D eigenvalue weighted by atomic mass is 16.4. The normalized spacial score (nSPS) is 20.7. The van der Waals surface area contributed by atoms with Gasteiger partial charge in [-0.25, -0.2) is 9.67 Å². The first-order valence-electron chi connectivity index (χ1n) is 7.44. The number of hydrogen-bond donors (Lipinski definition) is 1. The molecule has 1 aliphatic rings. The summed E-state index contributed by atoms with van der Waals surface area (Å²) < 4.78 is 1.49. The van der Waals surface area contributed by atoms with Gasteiger partial charge in [-0.05, 0) is 13.3 Å². The van der Waals surface area contributed by atoms with Crippen molar-refractivity contribution in [2.45, 2.75) is 19.9 Å². The number of likely N-dealkylation sites (tertiary alicyclic amines) is 1. The Bertz CT molecular complexity index is 728. The van der Waals surface area contributed by atoms with Crippen molar-refractivity contribution in [1.82, 2.24) is 19.7 Å². The van der Waals surface area contributed by atoms with Gasteiger partial charge in [0.15, 0.2) is 5.82 Å². The van der Waals surface area contributed by atoms with Gasteiger partial charge in [0.25, 0.3) is 0 Å². The highest BCUT2D eigenvalue weighted by molar-refractivity contribution is 5.80. The third kappa shape index (κ3) is 3.08. The highest BCUT2D eigenvalue weighted by Crippen LogP contribution is 2.30. The second kappa shape index (κ2) is 5.83. The van der Waals surface area contributed by atoms with Crippen LogP contribution in [-0.2, 0) is 16.1 Å². The molecule has 1 amide bonds. The van der Waals surface area contributed by atoms with Crippen LogP contribution >= 0.6 is 0 Å². The molecule has 0 aliphatic carbocycles. The summed E-state index contributed by atoms with van der Waals surface area (Å²) in [5, 5.41) is 13.5. The molecule has 3 rings (SSSR count). The summed E-state index contributed by atoms with van der Waals surface area (Å²) in [6.07, 6.45) is 1.99. The molecule has 0 bridgehead atoms. The smallest absolute Gasteiger partial charge is 0.311 e. The highest BCUT2D eigenvalue weighted by Gasteiger charge is 2.42. The third-order valence-corrected chi connectivity index (χ3v) is 4.21. The van der Waals surface area contributed by atoms with Crippen molar-refractivity contribution in [3.63, 3.8) is 0 Å². The van der Waals surface area contributed by atoms with Gasteiger partial charge < -0.3 is 10.0 Å².